The molecule has 1 atom stereocenters. The molecule has 3 rings (SSSR count). The third kappa shape index (κ3) is 4.50. The van der Waals surface area contributed by atoms with Gasteiger partial charge in [0, 0.05) is 28.9 Å². The lowest BCUT2D eigenvalue weighted by atomic mass is 10.2. The van der Waals surface area contributed by atoms with E-state index in [1.807, 2.05) is 0 Å². The average Bonchev–Trinajstić information content (AvgIpc) is 2.88. The first-order chi connectivity index (χ1) is 12.5. The summed E-state index contributed by atoms with van der Waals surface area (Å²) in [5.74, 6) is 0. The molecule has 1 aromatic heterocycles. The molecule has 0 aliphatic heterocycles. The molecule has 0 radical (unpaired) electrons. The molecule has 0 spiro atoms. The zero-order valence-electron chi connectivity index (χ0n) is 14.3. The molecular formula is C19H23I2N2O3+. The molecule has 2 aromatic carbocycles. The summed E-state index contributed by atoms with van der Waals surface area (Å²) < 4.78 is 4.56. The van der Waals surface area contributed by atoms with Crippen molar-refractivity contribution >= 4 is 67.0 Å². The minimum Gasteiger partial charge on any atom is -0.391 e. The van der Waals surface area contributed by atoms with Crippen molar-refractivity contribution < 1.29 is 20.2 Å². The van der Waals surface area contributed by atoms with Crippen molar-refractivity contribution in [1.29, 1.82) is 0 Å². The van der Waals surface area contributed by atoms with E-state index in [0.29, 0.717) is 26.2 Å². The van der Waals surface area contributed by atoms with Crippen LogP contribution in [0.4, 0.5) is 0 Å². The predicted octanol–water partition coefficient (Wildman–Crippen LogP) is 1.23. The molecule has 0 saturated heterocycles. The molecule has 0 amide bonds. The van der Waals surface area contributed by atoms with Gasteiger partial charge in [0.05, 0.1) is 19.8 Å². The molecule has 26 heavy (non-hydrogen) atoms. The fourth-order valence-corrected chi connectivity index (χ4v) is 4.48. The van der Waals surface area contributed by atoms with E-state index < -0.39 is 6.10 Å². The Bertz CT molecular complexity index is 832. The minimum atomic E-state index is -0.555. The largest absolute Gasteiger partial charge is 0.391 e. The maximum Gasteiger partial charge on any atom is 0.121 e. The summed E-state index contributed by atoms with van der Waals surface area (Å²) in [6, 6.07) is 12.8. The maximum absolute atomic E-state index is 10.7. The van der Waals surface area contributed by atoms with Gasteiger partial charge in [0.25, 0.3) is 0 Å². The number of nitrogens with zero attached hydrogens (tertiary/aromatic N) is 1. The molecule has 1 heterocycles. The van der Waals surface area contributed by atoms with E-state index in [1.165, 1.54) is 17.9 Å². The zero-order valence-corrected chi connectivity index (χ0v) is 18.6. The highest BCUT2D eigenvalue weighted by atomic mass is 127. The number of aliphatic hydroxyl groups is 3. The van der Waals surface area contributed by atoms with Crippen molar-refractivity contribution in [3.63, 3.8) is 0 Å². The number of hydrogen-bond donors (Lipinski definition) is 4. The Labute approximate surface area is 179 Å². The van der Waals surface area contributed by atoms with Crippen LogP contribution in [0.1, 0.15) is 0 Å². The Morgan fingerprint density at radius 2 is 1.38 bits per heavy atom. The summed E-state index contributed by atoms with van der Waals surface area (Å²) in [5, 5.41) is 31.4. The fraction of sp³-hybridized carbons (Fsp3) is 0.368. The van der Waals surface area contributed by atoms with Gasteiger partial charge >= 0.3 is 0 Å². The zero-order chi connectivity index (χ0) is 18.7. The summed E-state index contributed by atoms with van der Waals surface area (Å²) in [5.41, 5.74) is 2.24. The Morgan fingerprint density at radius 3 is 1.85 bits per heavy atom. The standard InChI is InChI=1S/C19H22I2N2O3/c20-13-1-3-18-16(9-13)17-10-14(21)2-4-19(17)23(18)12-15(26)11-22(5-7-24)6-8-25/h1-4,9-10,15,24-26H,5-8,11-12H2/p+1/t15-/m0/s1. The normalized spacial score (nSPS) is 13.2. The van der Waals surface area contributed by atoms with E-state index >= 15 is 0 Å². The van der Waals surface area contributed by atoms with Gasteiger partial charge in [-0.1, -0.05) is 0 Å². The second-order valence-electron chi connectivity index (χ2n) is 6.49. The van der Waals surface area contributed by atoms with Crippen LogP contribution in [-0.2, 0) is 6.54 Å². The molecule has 0 aliphatic carbocycles. The van der Waals surface area contributed by atoms with Crippen LogP contribution in [0.5, 0.6) is 0 Å². The summed E-state index contributed by atoms with van der Waals surface area (Å²) in [6.45, 7) is 2.14. The third-order valence-electron chi connectivity index (χ3n) is 4.64. The van der Waals surface area contributed by atoms with Crippen molar-refractivity contribution in [2.45, 2.75) is 12.6 Å². The van der Waals surface area contributed by atoms with E-state index in [0.717, 1.165) is 15.9 Å². The summed E-state index contributed by atoms with van der Waals surface area (Å²) in [7, 11) is 0. The molecule has 3 aromatic rings. The molecule has 0 unspecified atom stereocenters. The van der Waals surface area contributed by atoms with Crippen molar-refractivity contribution in [3.05, 3.63) is 43.5 Å². The van der Waals surface area contributed by atoms with Gasteiger partial charge in [0.1, 0.15) is 25.7 Å². The van der Waals surface area contributed by atoms with Crippen molar-refractivity contribution in [1.82, 2.24) is 4.57 Å². The fourth-order valence-electron chi connectivity index (χ4n) is 3.50. The molecule has 7 heteroatoms. The number of fused-ring (bicyclic) bond motifs is 3. The van der Waals surface area contributed by atoms with Gasteiger partial charge in [0.15, 0.2) is 0 Å². The average molecular weight is 581 g/mol. The molecule has 5 nitrogen and oxygen atoms in total. The second-order valence-corrected chi connectivity index (χ2v) is 8.98. The molecule has 0 bridgehead atoms. The van der Waals surface area contributed by atoms with Gasteiger partial charge < -0.3 is 24.8 Å². The number of benzene rings is 2. The number of hydrogen-bond acceptors (Lipinski definition) is 3. The highest BCUT2D eigenvalue weighted by Crippen LogP contribution is 2.31. The number of aliphatic hydroxyl groups excluding tert-OH is 3. The number of aromatic nitrogens is 1. The van der Waals surface area contributed by atoms with Gasteiger partial charge in [0.2, 0.25) is 0 Å². The van der Waals surface area contributed by atoms with Crippen LogP contribution in [0.25, 0.3) is 21.8 Å². The first kappa shape index (κ1) is 20.3. The van der Waals surface area contributed by atoms with Crippen LogP contribution in [0.2, 0.25) is 0 Å². The lowest BCUT2D eigenvalue weighted by Gasteiger charge is -2.21. The maximum atomic E-state index is 10.7. The number of rotatable bonds is 8. The van der Waals surface area contributed by atoms with Crippen LogP contribution in [0.3, 0.4) is 0 Å². The van der Waals surface area contributed by atoms with E-state index in [2.05, 4.69) is 86.1 Å². The van der Waals surface area contributed by atoms with Crippen molar-refractivity contribution in [2.75, 3.05) is 32.8 Å². The van der Waals surface area contributed by atoms with Crippen LogP contribution in [0, 0.1) is 7.14 Å². The Balaban J connectivity index is 1.95. The minimum absolute atomic E-state index is 0.0499. The molecule has 140 valence electrons. The lowest BCUT2D eigenvalue weighted by Crippen LogP contribution is -3.14. The Kier molecular flexibility index (Phi) is 7.14. The van der Waals surface area contributed by atoms with E-state index in [-0.39, 0.29) is 13.2 Å². The van der Waals surface area contributed by atoms with Crippen LogP contribution < -0.4 is 4.90 Å². The van der Waals surface area contributed by atoms with Gasteiger partial charge in [-0.15, -0.1) is 0 Å². The SMILES string of the molecule is OCC[NH+](CCO)C[C@H](O)Cn1c2ccc(I)cc2c2cc(I)ccc21. The van der Waals surface area contributed by atoms with Gasteiger partial charge in [-0.2, -0.15) is 0 Å². The van der Waals surface area contributed by atoms with E-state index in [1.54, 1.807) is 0 Å². The topological polar surface area (TPSA) is 70.1 Å². The second kappa shape index (κ2) is 9.16. The quantitative estimate of drug-likeness (QED) is 0.303. The van der Waals surface area contributed by atoms with Crippen molar-refractivity contribution in [3.8, 4) is 0 Å². The monoisotopic (exact) mass is 581 g/mol. The van der Waals surface area contributed by atoms with Gasteiger partial charge in [-0.25, -0.2) is 0 Å². The molecule has 0 fully saturated rings. The Hall–Kier alpha value is -0.460. The van der Waals surface area contributed by atoms with E-state index in [4.69, 9.17) is 0 Å². The predicted molar refractivity (Wildman–Crippen MR) is 121 cm³/mol. The first-order valence-corrected chi connectivity index (χ1v) is 10.8. The third-order valence-corrected chi connectivity index (χ3v) is 5.98. The molecule has 4 N–H and O–H groups in total. The highest BCUT2D eigenvalue weighted by molar-refractivity contribution is 14.1. The van der Waals surface area contributed by atoms with E-state index in [9.17, 15) is 15.3 Å². The smallest absolute Gasteiger partial charge is 0.121 e. The van der Waals surface area contributed by atoms with Crippen LogP contribution in [0.15, 0.2) is 36.4 Å². The van der Waals surface area contributed by atoms with Gasteiger partial charge in [-0.3, -0.25) is 0 Å². The molecular weight excluding hydrogens is 558 g/mol. The molecule has 0 aliphatic rings. The number of nitrogens with one attached hydrogen (secondary N) is 1. The first-order valence-electron chi connectivity index (χ1n) is 8.64. The number of halogens is 2. The van der Waals surface area contributed by atoms with Crippen LogP contribution >= 0.6 is 45.2 Å². The van der Waals surface area contributed by atoms with Crippen molar-refractivity contribution in [2.24, 2.45) is 0 Å². The lowest BCUT2D eigenvalue weighted by molar-refractivity contribution is -0.904. The van der Waals surface area contributed by atoms with Crippen LogP contribution in [-0.4, -0.2) is 58.8 Å². The molecule has 0 saturated carbocycles. The highest BCUT2D eigenvalue weighted by Gasteiger charge is 2.18. The number of quaternary nitrogens is 1. The summed E-state index contributed by atoms with van der Waals surface area (Å²) in [4.78, 5) is 1.01. The summed E-state index contributed by atoms with van der Waals surface area (Å²) >= 11 is 4.65. The summed E-state index contributed by atoms with van der Waals surface area (Å²) in [6.07, 6.45) is -0.555. The Morgan fingerprint density at radius 1 is 0.885 bits per heavy atom. The van der Waals surface area contributed by atoms with Gasteiger partial charge in [-0.05, 0) is 81.6 Å².